The zero-order chi connectivity index (χ0) is 30.4. The molecule has 1 heterocycles. The molecule has 0 aromatic heterocycles. The van der Waals surface area contributed by atoms with Crippen molar-refractivity contribution in [2.75, 3.05) is 22.9 Å². The first kappa shape index (κ1) is 32.1. The van der Waals surface area contributed by atoms with Crippen molar-refractivity contribution in [1.82, 2.24) is 0 Å². The number of hydrogen-bond acceptors (Lipinski definition) is 3. The molecule has 1 saturated heterocycles. The van der Waals surface area contributed by atoms with Gasteiger partial charge in [0.05, 0.1) is 0 Å². The molecule has 4 aromatic rings. The van der Waals surface area contributed by atoms with Crippen molar-refractivity contribution < 1.29 is 13.5 Å². The Morgan fingerprint density at radius 1 is 0.643 bits per heavy atom. The van der Waals surface area contributed by atoms with Gasteiger partial charge in [0.25, 0.3) is 0 Å². The van der Waals surface area contributed by atoms with E-state index < -0.39 is 13.5 Å². The van der Waals surface area contributed by atoms with Gasteiger partial charge in [0.15, 0.2) is 0 Å². The van der Waals surface area contributed by atoms with Crippen LogP contribution in [0.3, 0.4) is 0 Å². The molecule has 5 rings (SSSR count). The summed E-state index contributed by atoms with van der Waals surface area (Å²) in [7, 11) is 11.9. The van der Waals surface area contributed by atoms with Gasteiger partial charge in [-0.2, -0.15) is 6.67 Å². The Morgan fingerprint density at radius 3 is 1.55 bits per heavy atom. The molecular formula is C36H40Cl2N3Ru-. The van der Waals surface area contributed by atoms with Crippen LogP contribution in [0.15, 0.2) is 77.8 Å². The van der Waals surface area contributed by atoms with E-state index in [2.05, 4.69) is 94.2 Å². The first-order chi connectivity index (χ1) is 20.0. The third-order valence-corrected chi connectivity index (χ3v) is 9.11. The molecule has 0 aliphatic carbocycles. The van der Waals surface area contributed by atoms with Crippen LogP contribution < -0.4 is 9.80 Å². The fraction of sp³-hybridized carbons (Fsp3) is 0.250. The molecule has 3 nitrogen and oxygen atoms in total. The molecule has 0 spiro atoms. The minimum absolute atomic E-state index is 0.936. The summed E-state index contributed by atoms with van der Waals surface area (Å²) in [5.74, 6) is 0. The van der Waals surface area contributed by atoms with E-state index in [4.69, 9.17) is 19.4 Å². The van der Waals surface area contributed by atoms with Crippen LogP contribution in [0.5, 0.6) is 0 Å². The molecule has 42 heavy (non-hydrogen) atoms. The normalized spacial score (nSPS) is 13.3. The Labute approximate surface area is 265 Å². The maximum atomic E-state index is 5.93. The van der Waals surface area contributed by atoms with E-state index in [1.807, 2.05) is 59.4 Å². The zero-order valence-corrected chi connectivity index (χ0v) is 28.8. The summed E-state index contributed by atoms with van der Waals surface area (Å²) >= 11 is -1.81. The number of anilines is 2. The first-order valence-corrected chi connectivity index (χ1v) is 19.6. The third kappa shape index (κ3) is 8.41. The van der Waals surface area contributed by atoms with Gasteiger partial charge in [-0.1, -0.05) is 35.4 Å². The van der Waals surface area contributed by atoms with Crippen molar-refractivity contribution in [2.24, 2.45) is 4.99 Å². The van der Waals surface area contributed by atoms with Gasteiger partial charge in [-0.15, -0.1) is 0 Å². The van der Waals surface area contributed by atoms with Gasteiger partial charge in [0.1, 0.15) is 0 Å². The third-order valence-electron chi connectivity index (χ3n) is 7.28. The van der Waals surface area contributed by atoms with Crippen molar-refractivity contribution in [3.63, 3.8) is 0 Å². The molecule has 0 atom stereocenters. The van der Waals surface area contributed by atoms with Gasteiger partial charge >= 0.3 is 127 Å². The molecule has 0 saturated carbocycles. The van der Waals surface area contributed by atoms with Gasteiger partial charge in [0.2, 0.25) is 0 Å². The molecule has 4 aromatic carbocycles. The molecule has 6 heteroatoms. The van der Waals surface area contributed by atoms with E-state index in [0.29, 0.717) is 0 Å². The summed E-state index contributed by atoms with van der Waals surface area (Å²) in [6.07, 6.45) is 1.85. The van der Waals surface area contributed by atoms with Crippen LogP contribution in [0.25, 0.3) is 0 Å². The number of hydrogen-bond donors (Lipinski definition) is 0. The number of rotatable bonds is 5. The average Bonchev–Trinajstić information content (AvgIpc) is 3.37. The van der Waals surface area contributed by atoms with Crippen molar-refractivity contribution in [1.29, 1.82) is 0 Å². The van der Waals surface area contributed by atoms with Gasteiger partial charge in [0, 0.05) is 24.5 Å². The quantitative estimate of drug-likeness (QED) is 0.118. The van der Waals surface area contributed by atoms with Gasteiger partial charge in [-0.3, -0.25) is 0 Å². The average molecular weight is 687 g/mol. The number of aryl methyl sites for hydroxylation is 7. The van der Waals surface area contributed by atoms with Crippen molar-refractivity contribution in [2.45, 2.75) is 48.5 Å². The van der Waals surface area contributed by atoms with Crippen LogP contribution in [0.4, 0.5) is 17.1 Å². The molecule has 0 N–H and O–H groups in total. The second-order valence-corrected chi connectivity index (χ2v) is 16.8. The molecular weight excluding hydrogens is 646 g/mol. The number of benzene rings is 4. The second kappa shape index (κ2) is 14.6. The molecule has 222 valence electrons. The van der Waals surface area contributed by atoms with E-state index in [0.717, 1.165) is 29.9 Å². The van der Waals surface area contributed by atoms with Crippen LogP contribution in [-0.4, -0.2) is 23.9 Å². The fourth-order valence-electron chi connectivity index (χ4n) is 5.67. The SMILES string of the molecule is Cc1cc(C)c(N2[CH-]N(c3c(C)cc(C)cc3C)CC2)c(C)c1.Cc1ccc(N=Cc2ccccc2[CH]=[Ru]([Cl])[Cl])cc1. The number of aliphatic imine (C=N–C) groups is 1. The maximum absolute atomic E-state index is 5.93. The molecule has 0 unspecified atom stereocenters. The summed E-state index contributed by atoms with van der Waals surface area (Å²) in [6.45, 7) is 19.6. The fourth-order valence-corrected chi connectivity index (χ4v) is 7.52. The van der Waals surface area contributed by atoms with E-state index in [1.165, 1.54) is 50.3 Å². The first-order valence-electron chi connectivity index (χ1n) is 14.1. The summed E-state index contributed by atoms with van der Waals surface area (Å²) in [5.41, 5.74) is 15.1. The molecule has 1 aliphatic rings. The second-order valence-electron chi connectivity index (χ2n) is 11.0. The Balaban J connectivity index is 0.000000197. The van der Waals surface area contributed by atoms with E-state index in [1.54, 1.807) is 0 Å². The van der Waals surface area contributed by atoms with Crippen molar-refractivity contribution in [3.05, 3.63) is 130 Å². The van der Waals surface area contributed by atoms with Crippen molar-refractivity contribution >= 4 is 47.3 Å². The molecule has 1 fully saturated rings. The molecule has 0 bridgehead atoms. The van der Waals surface area contributed by atoms with Crippen LogP contribution in [0.2, 0.25) is 0 Å². The van der Waals surface area contributed by atoms with Gasteiger partial charge in [-0.05, 0) is 63.8 Å². The van der Waals surface area contributed by atoms with Gasteiger partial charge < -0.3 is 9.80 Å². The van der Waals surface area contributed by atoms with Crippen LogP contribution >= 0.6 is 19.4 Å². The minimum atomic E-state index is -1.81. The number of halogens is 2. The summed E-state index contributed by atoms with van der Waals surface area (Å²) in [4.78, 5) is 9.28. The van der Waals surface area contributed by atoms with Crippen molar-refractivity contribution in [3.8, 4) is 0 Å². The predicted molar refractivity (Wildman–Crippen MR) is 182 cm³/mol. The monoisotopic (exact) mass is 686 g/mol. The molecule has 1 aliphatic heterocycles. The summed E-state index contributed by atoms with van der Waals surface area (Å²) in [5, 5.41) is 0. The topological polar surface area (TPSA) is 18.8 Å². The molecule has 0 radical (unpaired) electrons. The van der Waals surface area contributed by atoms with Crippen LogP contribution in [0.1, 0.15) is 50.1 Å². The summed E-state index contributed by atoms with van der Waals surface area (Å²) < 4.78 is 1.93. The van der Waals surface area contributed by atoms with Gasteiger partial charge in [-0.25, -0.2) is 0 Å². The Bertz CT molecular complexity index is 1500. The Hall–Kier alpha value is -2.78. The van der Waals surface area contributed by atoms with Crippen LogP contribution in [-0.2, 0) is 13.5 Å². The summed E-state index contributed by atoms with van der Waals surface area (Å²) in [6, 6.07) is 25.2. The molecule has 0 amide bonds. The van der Waals surface area contributed by atoms with E-state index >= 15 is 0 Å². The predicted octanol–water partition coefficient (Wildman–Crippen LogP) is 9.80. The Kier molecular flexibility index (Phi) is 11.2. The zero-order valence-electron chi connectivity index (χ0n) is 25.5. The van der Waals surface area contributed by atoms with E-state index in [-0.39, 0.29) is 0 Å². The Morgan fingerprint density at radius 2 is 1.10 bits per heavy atom. The standard InChI is InChI=1S/C21H27N2.C15H13N.2ClH.Ru/c1-14-9-16(3)20(17(4)10-14)22-7-8-23(13-22)21-18(5)11-15(2)12-19(21)6;1-12-7-9-15(10-8-12)16-11-14-6-4-3-5-13(14)2;;;/h9-13H,7-8H2,1-6H3;2-11H,1H3;2*1H;/q-1;;;;+2/p-2. The van der Waals surface area contributed by atoms with E-state index in [9.17, 15) is 0 Å². The van der Waals surface area contributed by atoms with Crippen LogP contribution in [0, 0.1) is 55.1 Å². The number of nitrogens with zero attached hydrogens (tertiary/aromatic N) is 3.